The monoisotopic (exact) mass is 1160 g/mol. The van der Waals surface area contributed by atoms with Crippen LogP contribution in [0.5, 0.6) is 0 Å². The minimum absolute atomic E-state index is 0.00381. The summed E-state index contributed by atoms with van der Waals surface area (Å²) in [4.78, 5) is 81.7. The summed E-state index contributed by atoms with van der Waals surface area (Å²) < 4.78 is 26.6. The van der Waals surface area contributed by atoms with Crippen LogP contribution < -0.4 is 17.2 Å². The molecule has 0 aliphatic carbocycles. The molecule has 0 spiro atoms. The van der Waals surface area contributed by atoms with E-state index < -0.39 is 40.4 Å². The van der Waals surface area contributed by atoms with Crippen LogP contribution in [0.25, 0.3) is 28.1 Å². The molecule has 28 nitrogen and oxygen atoms in total. The van der Waals surface area contributed by atoms with E-state index in [2.05, 4.69) is 56.5 Å². The molecule has 7 aromatic rings. The van der Waals surface area contributed by atoms with Crippen LogP contribution in [0.1, 0.15) is 179 Å². The van der Waals surface area contributed by atoms with Gasteiger partial charge in [0, 0.05) is 10.8 Å². The first-order chi connectivity index (χ1) is 40.6. The molecule has 0 fully saturated rings. The van der Waals surface area contributed by atoms with Gasteiger partial charge >= 0.3 is 29.6 Å². The molecule has 28 heteroatoms. The Kier molecular flexibility index (Phi) is 20.0. The van der Waals surface area contributed by atoms with E-state index in [0.29, 0.717) is 25.7 Å². The van der Waals surface area contributed by atoms with E-state index in [-0.39, 0.29) is 129 Å². The van der Waals surface area contributed by atoms with Crippen molar-refractivity contribution in [2.24, 2.45) is 20.5 Å². The van der Waals surface area contributed by atoms with Crippen LogP contribution in [-0.2, 0) is 29.8 Å². The van der Waals surface area contributed by atoms with Gasteiger partial charge in [0.05, 0.1) is 90.4 Å². The van der Waals surface area contributed by atoms with Gasteiger partial charge in [-0.15, -0.1) is 20.5 Å². The van der Waals surface area contributed by atoms with E-state index in [1.807, 2.05) is 69.2 Å². The standard InChI is InChI=1S/C57H67N19O9/c1-12-16-20-82-49(77)33-24-34(50(78)83-21-17-13-2)27-38(26-33)73-47(37(30-58)31-62-73)69-67-41-43(56(5,6)7)71-75(45(41)59)53-64-54(66-55(81)65-53)76-46(60)42(44(72-76)57(8,9)10)68-70-48-40(61-11)32-63-74(48)39-28-35(51(79)84-22-18-14-3)25-36(29-39)52(80)85-23-19-15-4/h24-29,31-32H,12-23,59-60H2,1-10H3,(H,64,65,66,81). The molecular weight excluding hydrogens is 1090 g/mol. The van der Waals surface area contributed by atoms with Gasteiger partial charge in [0.1, 0.15) is 11.6 Å². The SMILES string of the molecule is [C-]#[N+]c1cnn(-c2cc(C(=O)OCCCC)cc(C(=O)OCCCC)c2)c1N=Nc1c(C(C)(C)C)nn(-c2nc(-n3nc(C(C)(C)C)c(N=Nc4c(C#N)cnn4-c4cc(C(=O)OCCCC)cc(C(=O)OCCCC)c4)c3N)[nH]c(=O)n2)c1N. The van der Waals surface area contributed by atoms with Crippen LogP contribution in [-0.4, -0.2) is 104 Å². The van der Waals surface area contributed by atoms with E-state index in [1.165, 1.54) is 58.2 Å². The highest BCUT2D eigenvalue weighted by Gasteiger charge is 2.31. The van der Waals surface area contributed by atoms with Crippen molar-refractivity contribution < 1.29 is 38.1 Å². The summed E-state index contributed by atoms with van der Waals surface area (Å²) >= 11 is 0. The topological polar surface area (TPSA) is 365 Å². The van der Waals surface area contributed by atoms with Crippen molar-refractivity contribution in [3.63, 3.8) is 0 Å². The number of benzene rings is 2. The minimum Gasteiger partial charge on any atom is -0.462 e. The summed E-state index contributed by atoms with van der Waals surface area (Å²) in [5.41, 5.74) is 12.0. The second kappa shape index (κ2) is 27.2. The molecule has 5 aromatic heterocycles. The highest BCUT2D eigenvalue weighted by molar-refractivity contribution is 5.97. The Bertz CT molecular complexity index is 3510. The predicted octanol–water partition coefficient (Wildman–Crippen LogP) is 10.7. The molecule has 0 unspecified atom stereocenters. The number of hydrogen-bond acceptors (Lipinski definition) is 22. The van der Waals surface area contributed by atoms with Gasteiger partial charge in [-0.3, -0.25) is 4.98 Å². The van der Waals surface area contributed by atoms with Gasteiger partial charge < -0.3 is 30.4 Å². The van der Waals surface area contributed by atoms with Crippen molar-refractivity contribution >= 4 is 64.2 Å². The molecule has 0 bridgehead atoms. The highest BCUT2D eigenvalue weighted by Crippen LogP contribution is 2.41. The average molecular weight is 1160 g/mol. The summed E-state index contributed by atoms with van der Waals surface area (Å²) in [6.45, 7) is 27.4. The molecule has 5 N–H and O–H groups in total. The molecule has 0 amide bonds. The lowest BCUT2D eigenvalue weighted by Gasteiger charge is -2.15. The number of hydrogen-bond donors (Lipinski definition) is 3. The lowest BCUT2D eigenvalue weighted by molar-refractivity contribution is 0.0479. The molecule has 7 rings (SSSR count). The normalized spacial score (nSPS) is 11.7. The Hall–Kier alpha value is -10.2. The minimum atomic E-state index is -0.922. The average Bonchev–Trinajstić information content (AvgIpc) is 2.77. The molecule has 2 aromatic carbocycles. The largest absolute Gasteiger partial charge is 0.462 e. The fourth-order valence-electron chi connectivity index (χ4n) is 8.03. The van der Waals surface area contributed by atoms with Gasteiger partial charge in [-0.1, -0.05) is 94.9 Å². The van der Waals surface area contributed by atoms with Crippen LogP contribution in [0.4, 0.5) is 40.3 Å². The van der Waals surface area contributed by atoms with Crippen molar-refractivity contribution in [2.45, 2.75) is 131 Å². The van der Waals surface area contributed by atoms with Crippen LogP contribution in [0, 0.1) is 17.9 Å². The lowest BCUT2D eigenvalue weighted by Crippen LogP contribution is -2.22. The fourth-order valence-corrected chi connectivity index (χ4v) is 8.03. The third-order valence-corrected chi connectivity index (χ3v) is 12.6. The van der Waals surface area contributed by atoms with Crippen LogP contribution >= 0.6 is 0 Å². The number of nitrogens with zero attached hydrogens (tertiary/aromatic N) is 16. The van der Waals surface area contributed by atoms with E-state index in [0.717, 1.165) is 35.0 Å². The van der Waals surface area contributed by atoms with Crippen molar-refractivity contribution in [1.82, 2.24) is 54.1 Å². The first-order valence-corrected chi connectivity index (χ1v) is 27.6. The van der Waals surface area contributed by atoms with Crippen molar-refractivity contribution in [3.05, 3.63) is 110 Å². The number of H-pyrrole nitrogens is 1. The third-order valence-electron chi connectivity index (χ3n) is 12.6. The number of azo groups is 2. The van der Waals surface area contributed by atoms with E-state index in [9.17, 15) is 29.2 Å². The molecule has 0 saturated carbocycles. The van der Waals surface area contributed by atoms with Gasteiger partial charge in [0.2, 0.25) is 5.95 Å². The number of nitrogens with two attached hydrogens (primary N) is 2. The number of unbranched alkanes of at least 4 members (excludes halogenated alkanes) is 4. The van der Waals surface area contributed by atoms with E-state index in [4.69, 9.17) is 47.2 Å². The Labute approximate surface area is 489 Å². The molecule has 444 valence electrons. The molecule has 0 aliphatic heterocycles. The molecule has 0 saturated heterocycles. The number of nitrogens with one attached hydrogen (secondary N) is 1. The zero-order valence-corrected chi connectivity index (χ0v) is 49.1. The maximum Gasteiger partial charge on any atom is 0.351 e. The maximum atomic E-state index is 13.6. The molecular formula is C57H67N19O9. The number of nitriles is 1. The summed E-state index contributed by atoms with van der Waals surface area (Å²) in [5.74, 6) is -3.93. The van der Waals surface area contributed by atoms with Crippen LogP contribution in [0.15, 0.2) is 74.0 Å². The number of aromatic nitrogens is 11. The van der Waals surface area contributed by atoms with Crippen molar-refractivity contribution in [2.75, 3.05) is 37.9 Å². The number of anilines is 2. The first-order valence-electron chi connectivity index (χ1n) is 27.6. The number of esters is 4. The third kappa shape index (κ3) is 14.5. The van der Waals surface area contributed by atoms with E-state index in [1.54, 1.807) is 0 Å². The number of carbonyl (C=O) groups excluding carboxylic acids is 4. The molecule has 0 radical (unpaired) electrons. The smallest absolute Gasteiger partial charge is 0.351 e. The maximum absolute atomic E-state index is 13.6. The van der Waals surface area contributed by atoms with Gasteiger partial charge in [-0.2, -0.15) is 45.0 Å². The zero-order valence-electron chi connectivity index (χ0n) is 49.1. The molecule has 5 heterocycles. The number of nitrogen functional groups attached to an aromatic ring is 2. The van der Waals surface area contributed by atoms with Gasteiger partial charge in [-0.05, 0) is 62.1 Å². The zero-order chi connectivity index (χ0) is 61.8. The number of ether oxygens (including phenoxy) is 4. The number of rotatable bonds is 24. The van der Waals surface area contributed by atoms with Crippen LogP contribution in [0.3, 0.4) is 0 Å². The van der Waals surface area contributed by atoms with Crippen molar-refractivity contribution in [3.8, 4) is 29.3 Å². The molecule has 0 atom stereocenters. The number of carbonyl (C=O) groups is 4. The predicted molar refractivity (Wildman–Crippen MR) is 310 cm³/mol. The summed E-state index contributed by atoms with van der Waals surface area (Å²) in [6.07, 6.45) is 8.10. The summed E-state index contributed by atoms with van der Waals surface area (Å²) in [5, 5.41) is 46.5. The van der Waals surface area contributed by atoms with Crippen LogP contribution in [0.2, 0.25) is 0 Å². The van der Waals surface area contributed by atoms with Crippen molar-refractivity contribution in [1.29, 1.82) is 5.26 Å². The second-order valence-corrected chi connectivity index (χ2v) is 21.4. The highest BCUT2D eigenvalue weighted by atomic mass is 16.5. The Morgan fingerprint density at radius 1 is 0.600 bits per heavy atom. The number of aromatic amines is 1. The summed E-state index contributed by atoms with van der Waals surface area (Å²) in [6, 6.07) is 10.5. The second-order valence-electron chi connectivity index (χ2n) is 21.4. The lowest BCUT2D eigenvalue weighted by atomic mass is 9.91. The fraction of sp³-hybridized carbons (Fsp3) is 0.421. The first kappa shape index (κ1) is 62.4. The summed E-state index contributed by atoms with van der Waals surface area (Å²) in [7, 11) is 0. The van der Waals surface area contributed by atoms with E-state index >= 15 is 0 Å². The van der Waals surface area contributed by atoms with Gasteiger partial charge in [-0.25, -0.2) is 38.2 Å². The quantitative estimate of drug-likeness (QED) is 0.0166. The Morgan fingerprint density at radius 3 is 1.41 bits per heavy atom. The Morgan fingerprint density at radius 2 is 1.00 bits per heavy atom. The molecule has 0 aliphatic rings. The van der Waals surface area contributed by atoms with Gasteiger partial charge in [0.15, 0.2) is 34.6 Å². The molecule has 85 heavy (non-hydrogen) atoms. The van der Waals surface area contributed by atoms with Gasteiger partial charge in [0.25, 0.3) is 11.6 Å². The Balaban J connectivity index is 1.29.